The van der Waals surface area contributed by atoms with E-state index in [0.29, 0.717) is 5.56 Å². The van der Waals surface area contributed by atoms with E-state index in [4.69, 9.17) is 9.47 Å². The molecule has 0 aliphatic heterocycles. The van der Waals surface area contributed by atoms with Gasteiger partial charge in [0.25, 0.3) is 0 Å². The van der Waals surface area contributed by atoms with Crippen molar-refractivity contribution in [3.63, 3.8) is 0 Å². The molecule has 40 heavy (non-hydrogen) atoms. The van der Waals surface area contributed by atoms with E-state index in [1.165, 1.54) is 11.0 Å². The molecule has 0 heterocycles. The summed E-state index contributed by atoms with van der Waals surface area (Å²) in [5.74, 6) is -1.39. The Bertz CT molecular complexity index is 1160. The summed E-state index contributed by atoms with van der Waals surface area (Å²) in [5, 5.41) is 5.47. The third-order valence-electron chi connectivity index (χ3n) is 5.73. The van der Waals surface area contributed by atoms with Gasteiger partial charge in [-0.15, -0.1) is 6.58 Å². The minimum Gasteiger partial charge on any atom is -0.466 e. The van der Waals surface area contributed by atoms with Gasteiger partial charge in [0.05, 0.1) is 13.0 Å². The van der Waals surface area contributed by atoms with Crippen LogP contribution in [0.4, 0.5) is 4.79 Å². The summed E-state index contributed by atoms with van der Waals surface area (Å²) in [6, 6.07) is 14.5. The van der Waals surface area contributed by atoms with Crippen LogP contribution in [0, 0.1) is 6.92 Å². The number of alkyl carbamates (subject to hydrolysis) is 1. The smallest absolute Gasteiger partial charge is 0.408 e. The minimum absolute atomic E-state index is 0.00759. The number of nitrogens with one attached hydrogen (secondary N) is 2. The number of benzene rings is 2. The van der Waals surface area contributed by atoms with Crippen LogP contribution in [-0.2, 0) is 30.3 Å². The maximum Gasteiger partial charge on any atom is 0.408 e. The van der Waals surface area contributed by atoms with Crippen molar-refractivity contribution < 1.29 is 28.7 Å². The molecule has 2 N–H and O–H groups in total. The third kappa shape index (κ3) is 10.6. The fourth-order valence-electron chi connectivity index (χ4n) is 4.09. The Morgan fingerprint density at radius 1 is 1.05 bits per heavy atom. The Morgan fingerprint density at radius 2 is 1.75 bits per heavy atom. The molecule has 9 nitrogen and oxygen atoms in total. The second kappa shape index (κ2) is 15.5. The van der Waals surface area contributed by atoms with E-state index in [-0.39, 0.29) is 32.5 Å². The van der Waals surface area contributed by atoms with Crippen molar-refractivity contribution in [3.8, 4) is 0 Å². The quantitative estimate of drug-likeness (QED) is 0.284. The molecule has 0 bridgehead atoms. The van der Waals surface area contributed by atoms with Gasteiger partial charge in [-0.05, 0) is 45.7 Å². The van der Waals surface area contributed by atoms with Crippen LogP contribution < -0.4 is 10.6 Å². The molecule has 2 rings (SSSR count). The fourth-order valence-corrected chi connectivity index (χ4v) is 4.09. The number of nitrogens with zero attached hydrogens (tertiary/aromatic N) is 1. The molecule has 0 aliphatic rings. The van der Waals surface area contributed by atoms with Crippen molar-refractivity contribution in [2.75, 3.05) is 19.7 Å². The van der Waals surface area contributed by atoms with Crippen molar-refractivity contribution in [2.45, 2.75) is 65.1 Å². The normalized spacial score (nSPS) is 12.4. The summed E-state index contributed by atoms with van der Waals surface area (Å²) >= 11 is 0. The van der Waals surface area contributed by atoms with Gasteiger partial charge in [0.15, 0.2) is 0 Å². The average molecular weight is 552 g/mol. The number of carbonyl (C=O) groups is 4. The van der Waals surface area contributed by atoms with E-state index in [0.717, 1.165) is 11.1 Å². The van der Waals surface area contributed by atoms with E-state index >= 15 is 0 Å². The molecular weight excluding hydrogens is 510 g/mol. The van der Waals surface area contributed by atoms with Crippen LogP contribution in [0.15, 0.2) is 67.3 Å². The van der Waals surface area contributed by atoms with Gasteiger partial charge in [-0.25, -0.2) is 4.79 Å². The van der Waals surface area contributed by atoms with E-state index < -0.39 is 41.6 Å². The minimum atomic E-state index is -1.05. The predicted octanol–water partition coefficient (Wildman–Crippen LogP) is 4.26. The zero-order valence-electron chi connectivity index (χ0n) is 24.1. The summed E-state index contributed by atoms with van der Waals surface area (Å²) in [6.07, 6.45) is 0.954. The van der Waals surface area contributed by atoms with Crippen LogP contribution >= 0.6 is 0 Å². The number of hydrogen-bond donors (Lipinski definition) is 2. The highest BCUT2D eigenvalue weighted by Crippen LogP contribution is 2.24. The molecule has 0 radical (unpaired) electrons. The monoisotopic (exact) mass is 551 g/mol. The lowest BCUT2D eigenvalue weighted by Crippen LogP contribution is -2.54. The largest absolute Gasteiger partial charge is 0.466 e. The molecule has 0 aliphatic carbocycles. The number of aryl methyl sites for hydroxylation is 1. The molecular formula is C31H41N3O6. The molecule has 2 atom stereocenters. The van der Waals surface area contributed by atoms with Crippen molar-refractivity contribution in [3.05, 3.63) is 83.9 Å². The molecule has 0 spiro atoms. The highest BCUT2D eigenvalue weighted by molar-refractivity contribution is 5.92. The van der Waals surface area contributed by atoms with Crippen molar-refractivity contribution in [1.29, 1.82) is 0 Å². The fraction of sp³-hybridized carbons (Fsp3) is 0.419. The maximum absolute atomic E-state index is 14.2. The first-order chi connectivity index (χ1) is 18.9. The number of rotatable bonds is 13. The Morgan fingerprint density at radius 3 is 2.35 bits per heavy atom. The second-order valence-electron chi connectivity index (χ2n) is 10.3. The average Bonchev–Trinajstić information content (AvgIpc) is 2.87. The van der Waals surface area contributed by atoms with E-state index in [9.17, 15) is 19.2 Å². The van der Waals surface area contributed by atoms with Gasteiger partial charge in [-0.2, -0.15) is 0 Å². The molecule has 0 fully saturated rings. The lowest BCUT2D eigenvalue weighted by atomic mass is 9.99. The van der Waals surface area contributed by atoms with Crippen molar-refractivity contribution in [2.24, 2.45) is 0 Å². The summed E-state index contributed by atoms with van der Waals surface area (Å²) < 4.78 is 10.4. The predicted molar refractivity (Wildman–Crippen MR) is 153 cm³/mol. The van der Waals surface area contributed by atoms with Gasteiger partial charge >= 0.3 is 12.1 Å². The van der Waals surface area contributed by atoms with Gasteiger partial charge in [0.1, 0.15) is 17.7 Å². The molecule has 216 valence electrons. The Hall–Kier alpha value is -4.14. The van der Waals surface area contributed by atoms with Crippen LogP contribution in [-0.4, -0.2) is 60.1 Å². The second-order valence-corrected chi connectivity index (χ2v) is 10.3. The number of hydrogen-bond acceptors (Lipinski definition) is 6. The van der Waals surface area contributed by atoms with Crippen molar-refractivity contribution in [1.82, 2.24) is 15.5 Å². The Kier molecular flexibility index (Phi) is 12.4. The maximum atomic E-state index is 14.2. The molecule has 2 unspecified atom stereocenters. The first-order valence-corrected chi connectivity index (χ1v) is 13.4. The molecule has 9 heteroatoms. The number of amides is 3. The summed E-state index contributed by atoms with van der Waals surface area (Å²) in [5.41, 5.74) is 1.54. The summed E-state index contributed by atoms with van der Waals surface area (Å²) in [4.78, 5) is 53.7. The van der Waals surface area contributed by atoms with E-state index in [2.05, 4.69) is 17.2 Å². The summed E-state index contributed by atoms with van der Waals surface area (Å²) in [7, 11) is 0. The van der Waals surface area contributed by atoms with Gasteiger partial charge in [0.2, 0.25) is 11.8 Å². The van der Waals surface area contributed by atoms with Gasteiger partial charge < -0.3 is 25.0 Å². The Balaban J connectivity index is 2.45. The number of carbonyl (C=O) groups excluding carboxylic acids is 4. The van der Waals surface area contributed by atoms with E-state index in [1.54, 1.807) is 39.8 Å². The molecule has 0 saturated carbocycles. The molecule has 3 amide bonds. The lowest BCUT2D eigenvalue weighted by molar-refractivity contribution is -0.144. The van der Waals surface area contributed by atoms with Crippen LogP contribution in [0.2, 0.25) is 0 Å². The SMILES string of the molecule is C=CCN(C(=O)C(Cc1ccccc1)NC(=O)OC(C)(C)C)C(C(=O)NCCC(=O)OCC)c1cccc(C)c1. The number of ether oxygens (including phenoxy) is 2. The molecule has 2 aromatic rings. The van der Waals surface area contributed by atoms with Gasteiger partial charge in [0, 0.05) is 19.5 Å². The van der Waals surface area contributed by atoms with Gasteiger partial charge in [-0.3, -0.25) is 14.4 Å². The topological polar surface area (TPSA) is 114 Å². The zero-order chi connectivity index (χ0) is 29.7. The lowest BCUT2D eigenvalue weighted by Gasteiger charge is -2.34. The van der Waals surface area contributed by atoms with Crippen LogP contribution in [0.3, 0.4) is 0 Å². The molecule has 2 aromatic carbocycles. The van der Waals surface area contributed by atoms with Crippen molar-refractivity contribution >= 4 is 23.9 Å². The highest BCUT2D eigenvalue weighted by Gasteiger charge is 2.36. The Labute approximate surface area is 236 Å². The standard InChI is InChI=1S/C31H41N3O6/c1-7-19-34(27(24-16-12-13-22(3)20-24)28(36)32-18-17-26(35)39-8-2)29(37)25(21-23-14-10-9-11-15-23)33-30(38)40-31(4,5)6/h7,9-16,20,25,27H,1,8,17-19,21H2,2-6H3,(H,32,36)(H,33,38). The van der Waals surface area contributed by atoms with Crippen LogP contribution in [0.5, 0.6) is 0 Å². The van der Waals surface area contributed by atoms with Crippen LogP contribution in [0.1, 0.15) is 56.8 Å². The van der Waals surface area contributed by atoms with E-state index in [1.807, 2.05) is 49.4 Å². The first-order valence-electron chi connectivity index (χ1n) is 13.4. The molecule has 0 aromatic heterocycles. The zero-order valence-corrected chi connectivity index (χ0v) is 24.1. The molecule has 0 saturated heterocycles. The highest BCUT2D eigenvalue weighted by atomic mass is 16.6. The van der Waals surface area contributed by atoms with Gasteiger partial charge in [-0.1, -0.05) is 66.2 Å². The summed E-state index contributed by atoms with van der Waals surface area (Å²) in [6.45, 7) is 12.9. The first kappa shape index (κ1) is 32.1. The van der Waals surface area contributed by atoms with Crippen LogP contribution in [0.25, 0.3) is 0 Å². The number of esters is 1. The third-order valence-corrected chi connectivity index (χ3v) is 5.73.